The first-order chi connectivity index (χ1) is 9.76. The quantitative estimate of drug-likeness (QED) is 0.758. The number of hydrogen-bond acceptors (Lipinski definition) is 4. The second kappa shape index (κ2) is 6.89. The minimum atomic E-state index is -0.193. The summed E-state index contributed by atoms with van der Waals surface area (Å²) < 4.78 is 5.06. The number of ether oxygens (including phenoxy) is 1. The number of esters is 1. The molecule has 0 aliphatic carbocycles. The van der Waals surface area contributed by atoms with Crippen LogP contribution in [-0.4, -0.2) is 30.6 Å². The number of fused-ring (bicyclic) bond motifs is 1. The van der Waals surface area contributed by atoms with Gasteiger partial charge < -0.3 is 9.64 Å². The summed E-state index contributed by atoms with van der Waals surface area (Å²) in [4.78, 5) is 18.2. The molecule has 1 aromatic carbocycles. The zero-order chi connectivity index (χ0) is 14.4. The topological polar surface area (TPSA) is 42.4 Å². The van der Waals surface area contributed by atoms with E-state index in [-0.39, 0.29) is 12.5 Å². The number of carbonyl (C=O) groups is 1. The van der Waals surface area contributed by atoms with E-state index in [0.29, 0.717) is 6.61 Å². The molecule has 4 heteroatoms. The van der Waals surface area contributed by atoms with Crippen molar-refractivity contribution in [3.63, 3.8) is 0 Å². The number of benzene rings is 1. The van der Waals surface area contributed by atoms with Crippen molar-refractivity contribution in [3.05, 3.63) is 36.5 Å². The Morgan fingerprint density at radius 3 is 2.80 bits per heavy atom. The zero-order valence-corrected chi connectivity index (χ0v) is 12.0. The molecule has 0 fully saturated rings. The second-order valence-corrected chi connectivity index (χ2v) is 4.57. The van der Waals surface area contributed by atoms with Gasteiger partial charge in [-0.1, -0.05) is 25.1 Å². The van der Waals surface area contributed by atoms with Gasteiger partial charge in [-0.2, -0.15) is 0 Å². The van der Waals surface area contributed by atoms with E-state index < -0.39 is 0 Å². The molecule has 0 N–H and O–H groups in total. The zero-order valence-electron chi connectivity index (χ0n) is 12.0. The molecule has 1 aromatic heterocycles. The van der Waals surface area contributed by atoms with E-state index in [4.69, 9.17) is 4.74 Å². The van der Waals surface area contributed by atoms with Gasteiger partial charge in [0.05, 0.1) is 12.1 Å². The number of pyridine rings is 1. The highest BCUT2D eigenvalue weighted by Crippen LogP contribution is 2.25. The number of aromatic nitrogens is 1. The third kappa shape index (κ3) is 3.26. The van der Waals surface area contributed by atoms with Gasteiger partial charge in [0, 0.05) is 23.8 Å². The Morgan fingerprint density at radius 2 is 2.05 bits per heavy atom. The molecule has 106 valence electrons. The summed E-state index contributed by atoms with van der Waals surface area (Å²) in [5.41, 5.74) is 1.97. The maximum atomic E-state index is 11.8. The van der Waals surface area contributed by atoms with Crippen LogP contribution in [0.2, 0.25) is 0 Å². The Hall–Kier alpha value is -2.10. The Bertz CT molecular complexity index is 578. The molecule has 4 nitrogen and oxygen atoms in total. The molecule has 0 bridgehead atoms. The Kier molecular flexibility index (Phi) is 4.93. The van der Waals surface area contributed by atoms with Crippen LogP contribution in [0, 0.1) is 0 Å². The number of anilines is 1. The van der Waals surface area contributed by atoms with E-state index >= 15 is 0 Å². The molecule has 1 heterocycles. The normalized spacial score (nSPS) is 10.5. The summed E-state index contributed by atoms with van der Waals surface area (Å²) in [5, 5.41) is 1.06. The fraction of sp³-hybridized carbons (Fsp3) is 0.375. The molecule has 0 saturated heterocycles. The number of hydrogen-bond donors (Lipinski definition) is 0. The van der Waals surface area contributed by atoms with Gasteiger partial charge >= 0.3 is 5.97 Å². The Labute approximate surface area is 119 Å². The number of nitrogens with zero attached hydrogens (tertiary/aromatic N) is 2. The SMILES string of the molecule is CCCN(CC(=O)OCC)c1ccnc2ccccc12. The van der Waals surface area contributed by atoms with E-state index in [1.807, 2.05) is 37.3 Å². The van der Waals surface area contributed by atoms with Crippen LogP contribution < -0.4 is 4.90 Å². The van der Waals surface area contributed by atoms with E-state index in [1.165, 1.54) is 0 Å². The van der Waals surface area contributed by atoms with E-state index in [9.17, 15) is 4.79 Å². The van der Waals surface area contributed by atoms with Crippen LogP contribution in [0.1, 0.15) is 20.3 Å². The predicted octanol–water partition coefficient (Wildman–Crippen LogP) is 3.01. The van der Waals surface area contributed by atoms with Crippen molar-refractivity contribution in [3.8, 4) is 0 Å². The maximum absolute atomic E-state index is 11.8. The van der Waals surface area contributed by atoms with Crippen LogP contribution in [-0.2, 0) is 9.53 Å². The van der Waals surface area contributed by atoms with Crippen LogP contribution in [0.3, 0.4) is 0 Å². The minimum Gasteiger partial charge on any atom is -0.465 e. The van der Waals surface area contributed by atoms with Gasteiger partial charge in [0.2, 0.25) is 0 Å². The fourth-order valence-corrected chi connectivity index (χ4v) is 2.27. The first-order valence-corrected chi connectivity index (χ1v) is 7.00. The lowest BCUT2D eigenvalue weighted by Gasteiger charge is -2.24. The standard InChI is InChI=1S/C16H20N2O2/c1-3-11-18(12-16(19)20-4-2)15-9-10-17-14-8-6-5-7-13(14)15/h5-10H,3-4,11-12H2,1-2H3. The van der Waals surface area contributed by atoms with Gasteiger partial charge in [0.1, 0.15) is 6.54 Å². The van der Waals surface area contributed by atoms with Crippen molar-refractivity contribution >= 4 is 22.6 Å². The van der Waals surface area contributed by atoms with Crippen molar-refractivity contribution in [2.24, 2.45) is 0 Å². The summed E-state index contributed by atoms with van der Waals surface area (Å²) in [6.07, 6.45) is 2.75. The van der Waals surface area contributed by atoms with E-state index in [1.54, 1.807) is 6.20 Å². The Balaban J connectivity index is 2.33. The molecule has 0 aliphatic heterocycles. The van der Waals surface area contributed by atoms with Gasteiger partial charge in [-0.25, -0.2) is 0 Å². The predicted molar refractivity (Wildman–Crippen MR) is 80.9 cm³/mol. The lowest BCUT2D eigenvalue weighted by molar-refractivity contribution is -0.141. The van der Waals surface area contributed by atoms with Crippen molar-refractivity contribution in [2.45, 2.75) is 20.3 Å². The average molecular weight is 272 g/mol. The molecule has 0 saturated carbocycles. The molecular formula is C16H20N2O2. The van der Waals surface area contributed by atoms with Gasteiger partial charge in [-0.15, -0.1) is 0 Å². The van der Waals surface area contributed by atoms with Gasteiger partial charge in [0.15, 0.2) is 0 Å². The Morgan fingerprint density at radius 1 is 1.25 bits per heavy atom. The third-order valence-electron chi connectivity index (χ3n) is 3.09. The van der Waals surface area contributed by atoms with Crippen molar-refractivity contribution in [1.29, 1.82) is 0 Å². The lowest BCUT2D eigenvalue weighted by atomic mass is 10.1. The largest absolute Gasteiger partial charge is 0.465 e. The highest BCUT2D eigenvalue weighted by Gasteiger charge is 2.14. The minimum absolute atomic E-state index is 0.193. The molecule has 20 heavy (non-hydrogen) atoms. The average Bonchev–Trinajstić information content (AvgIpc) is 2.46. The second-order valence-electron chi connectivity index (χ2n) is 4.57. The molecule has 0 atom stereocenters. The molecular weight excluding hydrogens is 252 g/mol. The fourth-order valence-electron chi connectivity index (χ4n) is 2.27. The monoisotopic (exact) mass is 272 g/mol. The van der Waals surface area contributed by atoms with Gasteiger partial charge in [-0.3, -0.25) is 9.78 Å². The highest BCUT2D eigenvalue weighted by molar-refractivity contribution is 5.92. The first kappa shape index (κ1) is 14.3. The van der Waals surface area contributed by atoms with Crippen molar-refractivity contribution in [2.75, 3.05) is 24.6 Å². The molecule has 0 amide bonds. The number of carbonyl (C=O) groups excluding carboxylic acids is 1. The van der Waals surface area contributed by atoms with Crippen LogP contribution in [0.4, 0.5) is 5.69 Å². The summed E-state index contributed by atoms with van der Waals surface area (Å²) in [6, 6.07) is 9.92. The smallest absolute Gasteiger partial charge is 0.325 e. The van der Waals surface area contributed by atoms with Crippen molar-refractivity contribution in [1.82, 2.24) is 4.98 Å². The highest BCUT2D eigenvalue weighted by atomic mass is 16.5. The van der Waals surface area contributed by atoms with Crippen LogP contribution in [0.25, 0.3) is 10.9 Å². The molecule has 0 aliphatic rings. The molecule has 0 radical (unpaired) electrons. The van der Waals surface area contributed by atoms with Crippen LogP contribution in [0.15, 0.2) is 36.5 Å². The lowest BCUT2D eigenvalue weighted by Crippen LogP contribution is -2.31. The summed E-state index contributed by atoms with van der Waals surface area (Å²) in [6.45, 7) is 5.42. The summed E-state index contributed by atoms with van der Waals surface area (Å²) >= 11 is 0. The number of rotatable bonds is 6. The van der Waals surface area contributed by atoms with Crippen LogP contribution in [0.5, 0.6) is 0 Å². The van der Waals surface area contributed by atoms with Gasteiger partial charge in [-0.05, 0) is 25.5 Å². The third-order valence-corrected chi connectivity index (χ3v) is 3.09. The summed E-state index contributed by atoms with van der Waals surface area (Å²) in [7, 11) is 0. The molecule has 0 unspecified atom stereocenters. The number of para-hydroxylation sites is 1. The first-order valence-electron chi connectivity index (χ1n) is 7.00. The van der Waals surface area contributed by atoms with E-state index in [2.05, 4.69) is 16.8 Å². The molecule has 2 aromatic rings. The molecule has 2 rings (SSSR count). The van der Waals surface area contributed by atoms with Crippen LogP contribution >= 0.6 is 0 Å². The van der Waals surface area contributed by atoms with Crippen molar-refractivity contribution < 1.29 is 9.53 Å². The summed E-state index contributed by atoms with van der Waals surface area (Å²) in [5.74, 6) is -0.193. The van der Waals surface area contributed by atoms with E-state index in [0.717, 1.165) is 29.6 Å². The van der Waals surface area contributed by atoms with Gasteiger partial charge in [0.25, 0.3) is 0 Å². The molecule has 0 spiro atoms. The maximum Gasteiger partial charge on any atom is 0.325 e.